The van der Waals surface area contributed by atoms with Gasteiger partial charge in [0.1, 0.15) is 6.54 Å². The molecule has 1 heterocycles. The van der Waals surface area contributed by atoms with Crippen LogP contribution in [0.3, 0.4) is 0 Å². The molecule has 1 saturated carbocycles. The Morgan fingerprint density at radius 2 is 2.05 bits per heavy atom. The second kappa shape index (κ2) is 5.85. The summed E-state index contributed by atoms with van der Waals surface area (Å²) < 4.78 is 0. The molecule has 2 aliphatic rings. The Bertz CT molecular complexity index is 554. The summed E-state index contributed by atoms with van der Waals surface area (Å²) in [4.78, 5) is 27.9. The van der Waals surface area contributed by atoms with E-state index in [-0.39, 0.29) is 31.0 Å². The van der Waals surface area contributed by atoms with Gasteiger partial charge in [-0.3, -0.25) is 9.59 Å². The second-order valence-corrected chi connectivity index (χ2v) is 5.65. The predicted octanol–water partition coefficient (Wildman–Crippen LogP) is 0.949. The normalized spacial score (nSPS) is 17.6. The topological polar surface area (TPSA) is 60.9 Å². The van der Waals surface area contributed by atoms with Crippen molar-refractivity contribution in [1.82, 2.24) is 4.90 Å². The first-order valence-electron chi connectivity index (χ1n) is 7.49. The lowest BCUT2D eigenvalue weighted by Crippen LogP contribution is -2.46. The lowest BCUT2D eigenvalue weighted by Gasteiger charge is -2.31. The third kappa shape index (κ3) is 2.93. The smallest absolute Gasteiger partial charge is 0.242 e. The van der Waals surface area contributed by atoms with Crippen LogP contribution in [0.1, 0.15) is 24.8 Å². The molecule has 112 valence electrons. The number of amides is 2. The fraction of sp³-hybridized carbons (Fsp3) is 0.500. The Hall–Kier alpha value is -1.88. The van der Waals surface area contributed by atoms with Crippen molar-refractivity contribution in [3.63, 3.8) is 0 Å². The van der Waals surface area contributed by atoms with Crippen molar-refractivity contribution >= 4 is 17.5 Å². The fourth-order valence-electron chi connectivity index (χ4n) is 2.90. The van der Waals surface area contributed by atoms with Gasteiger partial charge in [-0.1, -0.05) is 18.2 Å². The molecule has 2 amide bonds. The molecule has 1 N–H and O–H groups in total. The molecule has 5 heteroatoms. The number of aliphatic hydroxyl groups excluding tert-OH is 1. The maximum absolute atomic E-state index is 12.5. The van der Waals surface area contributed by atoms with Gasteiger partial charge in [0, 0.05) is 24.7 Å². The van der Waals surface area contributed by atoms with E-state index in [0.29, 0.717) is 13.0 Å². The molecule has 0 saturated heterocycles. The van der Waals surface area contributed by atoms with Gasteiger partial charge in [0.25, 0.3) is 0 Å². The summed E-state index contributed by atoms with van der Waals surface area (Å²) in [5.74, 6) is -0.0709. The zero-order chi connectivity index (χ0) is 14.8. The van der Waals surface area contributed by atoms with Crippen molar-refractivity contribution in [1.29, 1.82) is 0 Å². The number of para-hydroxylation sites is 1. The van der Waals surface area contributed by atoms with E-state index in [1.165, 1.54) is 0 Å². The molecule has 0 spiro atoms. The number of fused-ring (bicyclic) bond motifs is 1. The number of carbonyl (C=O) groups excluding carboxylic acids is 2. The Morgan fingerprint density at radius 3 is 2.76 bits per heavy atom. The maximum atomic E-state index is 12.5. The highest BCUT2D eigenvalue weighted by Gasteiger charge is 2.34. The van der Waals surface area contributed by atoms with E-state index in [2.05, 4.69) is 0 Å². The van der Waals surface area contributed by atoms with Crippen LogP contribution in [0.25, 0.3) is 0 Å². The summed E-state index contributed by atoms with van der Waals surface area (Å²) in [5, 5.41) is 9.10. The van der Waals surface area contributed by atoms with Gasteiger partial charge in [0.05, 0.1) is 6.61 Å². The van der Waals surface area contributed by atoms with Crippen LogP contribution in [0.2, 0.25) is 0 Å². The molecular formula is C16H20N2O3. The number of anilines is 1. The minimum Gasteiger partial charge on any atom is -0.395 e. The van der Waals surface area contributed by atoms with E-state index in [9.17, 15) is 9.59 Å². The zero-order valence-corrected chi connectivity index (χ0v) is 12.0. The molecule has 5 nitrogen and oxygen atoms in total. The molecule has 1 aliphatic heterocycles. The fourth-order valence-corrected chi connectivity index (χ4v) is 2.90. The van der Waals surface area contributed by atoms with Crippen molar-refractivity contribution < 1.29 is 14.7 Å². The average molecular weight is 288 g/mol. The van der Waals surface area contributed by atoms with Crippen molar-refractivity contribution in [2.24, 2.45) is 0 Å². The molecule has 0 bridgehead atoms. The monoisotopic (exact) mass is 288 g/mol. The molecule has 0 unspecified atom stereocenters. The van der Waals surface area contributed by atoms with E-state index in [1.807, 2.05) is 24.3 Å². The van der Waals surface area contributed by atoms with Crippen molar-refractivity contribution in [3.8, 4) is 0 Å². The largest absolute Gasteiger partial charge is 0.395 e. The highest BCUT2D eigenvalue weighted by atomic mass is 16.3. The Balaban J connectivity index is 1.77. The van der Waals surface area contributed by atoms with Crippen LogP contribution in [0.15, 0.2) is 24.3 Å². The SMILES string of the molecule is O=C1CCc2ccccc2N1CC(=O)N(CCO)C1CC1. The maximum Gasteiger partial charge on any atom is 0.242 e. The summed E-state index contributed by atoms with van der Waals surface area (Å²) in [6.07, 6.45) is 3.18. The van der Waals surface area contributed by atoms with E-state index in [0.717, 1.165) is 30.5 Å². The lowest BCUT2D eigenvalue weighted by atomic mass is 10.0. The average Bonchev–Trinajstić information content (AvgIpc) is 3.32. The second-order valence-electron chi connectivity index (χ2n) is 5.65. The molecular weight excluding hydrogens is 268 g/mol. The molecule has 21 heavy (non-hydrogen) atoms. The number of aliphatic hydroxyl groups is 1. The van der Waals surface area contributed by atoms with Crippen LogP contribution in [0, 0.1) is 0 Å². The number of hydrogen-bond donors (Lipinski definition) is 1. The van der Waals surface area contributed by atoms with Gasteiger partial charge in [-0.05, 0) is 30.9 Å². The van der Waals surface area contributed by atoms with Crippen molar-refractivity contribution in [2.75, 3.05) is 24.6 Å². The van der Waals surface area contributed by atoms with Gasteiger partial charge < -0.3 is 14.9 Å². The summed E-state index contributed by atoms with van der Waals surface area (Å²) in [7, 11) is 0. The summed E-state index contributed by atoms with van der Waals surface area (Å²) >= 11 is 0. The van der Waals surface area contributed by atoms with Crippen LogP contribution in [-0.2, 0) is 16.0 Å². The molecule has 1 fully saturated rings. The predicted molar refractivity (Wildman–Crippen MR) is 78.9 cm³/mol. The van der Waals surface area contributed by atoms with Gasteiger partial charge >= 0.3 is 0 Å². The van der Waals surface area contributed by atoms with Gasteiger partial charge in [-0.25, -0.2) is 0 Å². The van der Waals surface area contributed by atoms with Gasteiger partial charge in [0.15, 0.2) is 0 Å². The Labute approximate surface area is 124 Å². The van der Waals surface area contributed by atoms with Crippen LogP contribution in [0.5, 0.6) is 0 Å². The Kier molecular flexibility index (Phi) is 3.92. The molecule has 1 aromatic rings. The highest BCUT2D eigenvalue weighted by Crippen LogP contribution is 2.29. The van der Waals surface area contributed by atoms with Crippen LogP contribution >= 0.6 is 0 Å². The minimum atomic E-state index is -0.0726. The van der Waals surface area contributed by atoms with E-state index in [1.54, 1.807) is 9.80 Å². The van der Waals surface area contributed by atoms with Crippen LogP contribution < -0.4 is 4.90 Å². The molecule has 1 aromatic carbocycles. The molecule has 0 atom stereocenters. The molecule has 1 aliphatic carbocycles. The van der Waals surface area contributed by atoms with Crippen molar-refractivity contribution in [2.45, 2.75) is 31.7 Å². The van der Waals surface area contributed by atoms with E-state index >= 15 is 0 Å². The third-order valence-corrected chi connectivity index (χ3v) is 4.13. The van der Waals surface area contributed by atoms with E-state index in [4.69, 9.17) is 5.11 Å². The summed E-state index contributed by atoms with van der Waals surface area (Å²) in [5.41, 5.74) is 1.96. The number of aryl methyl sites for hydroxylation is 1. The minimum absolute atomic E-state index is 0.00166. The van der Waals surface area contributed by atoms with Gasteiger partial charge in [-0.2, -0.15) is 0 Å². The lowest BCUT2D eigenvalue weighted by molar-refractivity contribution is -0.132. The van der Waals surface area contributed by atoms with Crippen LogP contribution in [0.4, 0.5) is 5.69 Å². The number of hydrogen-bond acceptors (Lipinski definition) is 3. The highest BCUT2D eigenvalue weighted by molar-refractivity contribution is 6.01. The van der Waals surface area contributed by atoms with Crippen LogP contribution in [-0.4, -0.2) is 47.6 Å². The number of carbonyl (C=O) groups is 2. The quantitative estimate of drug-likeness (QED) is 0.877. The summed E-state index contributed by atoms with van der Waals surface area (Å²) in [6.45, 7) is 0.395. The first-order chi connectivity index (χ1) is 10.2. The Morgan fingerprint density at radius 1 is 1.29 bits per heavy atom. The molecule has 3 rings (SSSR count). The summed E-state index contributed by atoms with van der Waals surface area (Å²) in [6, 6.07) is 8.00. The molecule has 0 aromatic heterocycles. The zero-order valence-electron chi connectivity index (χ0n) is 12.0. The van der Waals surface area contributed by atoms with Gasteiger partial charge in [-0.15, -0.1) is 0 Å². The number of benzene rings is 1. The van der Waals surface area contributed by atoms with Crippen molar-refractivity contribution in [3.05, 3.63) is 29.8 Å². The molecule has 0 radical (unpaired) electrons. The van der Waals surface area contributed by atoms with E-state index < -0.39 is 0 Å². The standard InChI is InChI=1S/C16H20N2O3/c19-10-9-17(13-6-7-13)16(21)11-18-14-4-2-1-3-12(14)5-8-15(18)20/h1-4,13,19H,5-11H2. The first kappa shape index (κ1) is 14.1. The third-order valence-electron chi connectivity index (χ3n) is 4.13. The number of rotatable bonds is 5. The van der Waals surface area contributed by atoms with Gasteiger partial charge in [0.2, 0.25) is 11.8 Å². The first-order valence-corrected chi connectivity index (χ1v) is 7.49. The number of nitrogens with zero attached hydrogens (tertiary/aromatic N) is 2.